The van der Waals surface area contributed by atoms with Crippen molar-refractivity contribution >= 4 is 22.8 Å². The summed E-state index contributed by atoms with van der Waals surface area (Å²) < 4.78 is 23.9. The van der Waals surface area contributed by atoms with Crippen molar-refractivity contribution in [1.82, 2.24) is 20.3 Å². The maximum atomic E-state index is 13.6. The Kier molecular flexibility index (Phi) is 7.84. The average Bonchev–Trinajstić information content (AvgIpc) is 2.82. The van der Waals surface area contributed by atoms with Crippen molar-refractivity contribution < 1.29 is 18.7 Å². The average molecular weight is 468 g/mol. The Labute approximate surface area is 198 Å². The highest BCUT2D eigenvalue weighted by atomic mass is 19.1. The van der Waals surface area contributed by atoms with Crippen LogP contribution in [0.15, 0.2) is 30.5 Å². The first-order valence-corrected chi connectivity index (χ1v) is 11.7. The van der Waals surface area contributed by atoms with Crippen molar-refractivity contribution in [1.29, 1.82) is 0 Å². The van der Waals surface area contributed by atoms with Gasteiger partial charge in [-0.05, 0) is 49.9 Å². The summed E-state index contributed by atoms with van der Waals surface area (Å²) in [5.41, 5.74) is 2.84. The number of hydrogen-bond acceptors (Lipinski definition) is 7. The van der Waals surface area contributed by atoms with Gasteiger partial charge in [-0.3, -0.25) is 9.78 Å². The first-order chi connectivity index (χ1) is 16.6. The van der Waals surface area contributed by atoms with Crippen molar-refractivity contribution in [3.8, 4) is 11.6 Å². The van der Waals surface area contributed by atoms with Crippen molar-refractivity contribution in [2.45, 2.75) is 45.6 Å². The molecule has 1 fully saturated rings. The standard InChI is InChI=1S/C13H17N3O2.C12H13FN2O/c17-12-8-18-11-5-4-10(15-13(11)16-12)7-14-6-9-2-1-3-9;1-3-4-8-9(13)7-14-10-5-6-11(16-2)15-12(8)10/h4-5,9,14H,1-3,6-8H2,(H,15,16,17);5-7H,3-4H2,1-2H3. The van der Waals surface area contributed by atoms with E-state index < -0.39 is 0 Å². The van der Waals surface area contributed by atoms with Crippen LogP contribution < -0.4 is 20.1 Å². The molecule has 1 amide bonds. The summed E-state index contributed by atoms with van der Waals surface area (Å²) in [6.07, 6.45) is 6.83. The number of pyridine rings is 3. The number of anilines is 1. The molecule has 4 heterocycles. The van der Waals surface area contributed by atoms with Crippen LogP contribution in [0, 0.1) is 11.7 Å². The predicted molar refractivity (Wildman–Crippen MR) is 127 cm³/mol. The summed E-state index contributed by atoms with van der Waals surface area (Å²) in [6, 6.07) is 7.31. The number of halogens is 1. The van der Waals surface area contributed by atoms with Crippen LogP contribution in [-0.4, -0.2) is 41.1 Å². The zero-order valence-electron chi connectivity index (χ0n) is 19.6. The molecule has 2 N–H and O–H groups in total. The number of carbonyl (C=O) groups excluding carboxylic acids is 1. The Morgan fingerprint density at radius 3 is 2.82 bits per heavy atom. The summed E-state index contributed by atoms with van der Waals surface area (Å²) in [7, 11) is 1.54. The highest BCUT2D eigenvalue weighted by molar-refractivity contribution is 5.94. The molecule has 8 nitrogen and oxygen atoms in total. The van der Waals surface area contributed by atoms with E-state index in [-0.39, 0.29) is 18.3 Å². The number of aryl methyl sites for hydroxylation is 1. The van der Waals surface area contributed by atoms with Crippen LogP contribution in [0.4, 0.5) is 10.2 Å². The molecule has 1 saturated carbocycles. The summed E-state index contributed by atoms with van der Waals surface area (Å²) in [5.74, 6) is 2.07. The van der Waals surface area contributed by atoms with Crippen molar-refractivity contribution in [2.75, 3.05) is 25.6 Å². The van der Waals surface area contributed by atoms with E-state index in [1.807, 2.05) is 19.1 Å². The molecule has 0 bridgehead atoms. The number of nitrogens with one attached hydrogen (secondary N) is 2. The fraction of sp³-hybridized carbons (Fsp3) is 0.440. The summed E-state index contributed by atoms with van der Waals surface area (Å²) in [6.45, 7) is 3.88. The summed E-state index contributed by atoms with van der Waals surface area (Å²) in [5, 5.41) is 6.12. The van der Waals surface area contributed by atoms with Gasteiger partial charge >= 0.3 is 0 Å². The number of nitrogens with zero attached hydrogens (tertiary/aromatic N) is 3. The second kappa shape index (κ2) is 11.2. The van der Waals surface area contributed by atoms with E-state index in [4.69, 9.17) is 9.47 Å². The minimum absolute atomic E-state index is 0.0773. The number of methoxy groups -OCH3 is 1. The van der Waals surface area contributed by atoms with Gasteiger partial charge in [0.2, 0.25) is 5.88 Å². The second-order valence-electron chi connectivity index (χ2n) is 8.47. The van der Waals surface area contributed by atoms with Crippen molar-refractivity contribution in [3.63, 3.8) is 0 Å². The molecule has 3 aromatic heterocycles. The number of amides is 1. The first-order valence-electron chi connectivity index (χ1n) is 11.7. The molecule has 180 valence electrons. The van der Waals surface area contributed by atoms with E-state index in [2.05, 4.69) is 25.6 Å². The molecule has 9 heteroatoms. The monoisotopic (exact) mass is 467 g/mol. The summed E-state index contributed by atoms with van der Waals surface area (Å²) >= 11 is 0. The minimum atomic E-state index is -0.296. The van der Waals surface area contributed by atoms with Gasteiger partial charge in [-0.1, -0.05) is 19.8 Å². The second-order valence-corrected chi connectivity index (χ2v) is 8.47. The van der Waals surface area contributed by atoms with E-state index in [1.165, 1.54) is 25.5 Å². The van der Waals surface area contributed by atoms with Crippen LogP contribution in [0.25, 0.3) is 11.0 Å². The molecule has 0 aromatic carbocycles. The Hall–Kier alpha value is -3.33. The maximum Gasteiger partial charge on any atom is 0.263 e. The first kappa shape index (κ1) is 23.8. The van der Waals surface area contributed by atoms with E-state index in [9.17, 15) is 9.18 Å². The Morgan fingerprint density at radius 1 is 1.24 bits per heavy atom. The zero-order valence-corrected chi connectivity index (χ0v) is 19.6. The molecule has 34 heavy (non-hydrogen) atoms. The van der Waals surface area contributed by atoms with Gasteiger partial charge in [0.1, 0.15) is 5.82 Å². The molecule has 0 spiro atoms. The van der Waals surface area contributed by atoms with Gasteiger partial charge in [-0.2, -0.15) is 0 Å². The third kappa shape index (κ3) is 5.77. The van der Waals surface area contributed by atoms with Crippen molar-refractivity contribution in [2.24, 2.45) is 5.92 Å². The molecule has 0 saturated heterocycles. The largest absolute Gasteiger partial charge is 0.481 e. The molecule has 0 radical (unpaired) electrons. The van der Waals surface area contributed by atoms with Gasteiger partial charge < -0.3 is 20.1 Å². The lowest BCUT2D eigenvalue weighted by Gasteiger charge is -2.25. The van der Waals surface area contributed by atoms with Crippen molar-refractivity contribution in [3.05, 3.63) is 47.5 Å². The lowest BCUT2D eigenvalue weighted by atomic mass is 9.85. The molecule has 5 rings (SSSR count). The van der Waals surface area contributed by atoms with Gasteiger partial charge in [0.05, 0.1) is 30.0 Å². The molecule has 1 aliphatic carbocycles. The Bertz CT molecular complexity index is 1150. The third-order valence-electron chi connectivity index (χ3n) is 5.95. The van der Waals surface area contributed by atoms with Crippen LogP contribution in [0.3, 0.4) is 0 Å². The molecule has 3 aromatic rings. The number of fused-ring (bicyclic) bond motifs is 2. The molecule has 0 unspecified atom stereocenters. The number of carbonyl (C=O) groups is 1. The number of rotatable bonds is 7. The fourth-order valence-electron chi connectivity index (χ4n) is 3.88. The third-order valence-corrected chi connectivity index (χ3v) is 5.95. The maximum absolute atomic E-state index is 13.6. The van der Waals surface area contributed by atoms with Crippen LogP contribution in [0.2, 0.25) is 0 Å². The van der Waals surface area contributed by atoms with Gasteiger partial charge in [0, 0.05) is 18.2 Å². The van der Waals surface area contributed by atoms with Gasteiger partial charge in [0.15, 0.2) is 18.2 Å². The molecular weight excluding hydrogens is 437 g/mol. The smallest absolute Gasteiger partial charge is 0.263 e. The SMILES string of the molecule is CCCc1c(F)cnc2ccc(OC)nc12.O=C1COc2ccc(CNCC3CCC3)nc2N1. The van der Waals surface area contributed by atoms with Gasteiger partial charge in [-0.25, -0.2) is 14.4 Å². The Morgan fingerprint density at radius 2 is 2.09 bits per heavy atom. The van der Waals surface area contributed by atoms with Crippen LogP contribution in [-0.2, 0) is 17.8 Å². The van der Waals surface area contributed by atoms with Crippen LogP contribution in [0.5, 0.6) is 11.6 Å². The zero-order chi connectivity index (χ0) is 23.9. The lowest BCUT2D eigenvalue weighted by Crippen LogP contribution is -2.28. The van der Waals surface area contributed by atoms with Gasteiger partial charge in [0.25, 0.3) is 5.91 Å². The fourth-order valence-corrected chi connectivity index (χ4v) is 3.88. The summed E-state index contributed by atoms with van der Waals surface area (Å²) in [4.78, 5) is 23.8. The Balaban J connectivity index is 0.000000162. The van der Waals surface area contributed by atoms with Gasteiger partial charge in [-0.15, -0.1) is 0 Å². The van der Waals surface area contributed by atoms with Crippen LogP contribution >= 0.6 is 0 Å². The molecule has 2 aliphatic rings. The quantitative estimate of drug-likeness (QED) is 0.541. The molecule has 0 atom stereocenters. The predicted octanol–water partition coefficient (Wildman–Crippen LogP) is 4.03. The van der Waals surface area contributed by atoms with Crippen LogP contribution in [0.1, 0.15) is 43.9 Å². The van der Waals surface area contributed by atoms with E-state index in [0.29, 0.717) is 40.5 Å². The van der Waals surface area contributed by atoms with E-state index in [1.54, 1.807) is 19.2 Å². The highest BCUT2D eigenvalue weighted by Crippen LogP contribution is 2.27. The number of aromatic nitrogens is 3. The minimum Gasteiger partial charge on any atom is -0.481 e. The normalized spacial score (nSPS) is 14.9. The topological polar surface area (TPSA) is 98.3 Å². The molecule has 1 aliphatic heterocycles. The van der Waals surface area contributed by atoms with E-state index >= 15 is 0 Å². The molecular formula is C25H30FN5O3. The number of ether oxygens (including phenoxy) is 2. The highest BCUT2D eigenvalue weighted by Gasteiger charge is 2.18. The lowest BCUT2D eigenvalue weighted by molar-refractivity contribution is -0.118. The van der Waals surface area contributed by atoms with E-state index in [0.717, 1.165) is 31.1 Å². The number of hydrogen-bond donors (Lipinski definition) is 2.